The molecular formula is C18H23N3O2S. The largest absolute Gasteiger partial charge is 0.494 e. The molecule has 0 aliphatic carbocycles. The van der Waals surface area contributed by atoms with E-state index in [4.69, 9.17) is 4.74 Å². The van der Waals surface area contributed by atoms with Gasteiger partial charge in [0.2, 0.25) is 0 Å². The van der Waals surface area contributed by atoms with Crippen LogP contribution in [0.3, 0.4) is 0 Å². The van der Waals surface area contributed by atoms with E-state index in [1.54, 1.807) is 23.5 Å². The van der Waals surface area contributed by atoms with Gasteiger partial charge in [-0.1, -0.05) is 13.8 Å². The van der Waals surface area contributed by atoms with Gasteiger partial charge in [0, 0.05) is 30.0 Å². The number of aromatic nitrogens is 1. The van der Waals surface area contributed by atoms with Gasteiger partial charge in [-0.15, -0.1) is 11.3 Å². The molecule has 2 aromatic rings. The van der Waals surface area contributed by atoms with Crippen LogP contribution < -0.4 is 10.1 Å². The minimum Gasteiger partial charge on any atom is -0.494 e. The summed E-state index contributed by atoms with van der Waals surface area (Å²) < 4.78 is 5.54. The Morgan fingerprint density at radius 2 is 2.12 bits per heavy atom. The van der Waals surface area contributed by atoms with Gasteiger partial charge in [0.25, 0.3) is 5.91 Å². The zero-order chi connectivity index (χ0) is 16.9. The number of ether oxygens (including phenoxy) is 1. The van der Waals surface area contributed by atoms with Crippen LogP contribution in [0.5, 0.6) is 5.75 Å². The number of benzene rings is 1. The van der Waals surface area contributed by atoms with Gasteiger partial charge in [-0.3, -0.25) is 15.0 Å². The van der Waals surface area contributed by atoms with E-state index in [1.807, 2.05) is 12.1 Å². The summed E-state index contributed by atoms with van der Waals surface area (Å²) in [6, 6.07) is 7.23. The second kappa shape index (κ2) is 7.77. The number of thiazole rings is 1. The van der Waals surface area contributed by atoms with Crippen LogP contribution >= 0.6 is 11.3 Å². The predicted molar refractivity (Wildman–Crippen MR) is 97.0 cm³/mol. The quantitative estimate of drug-likeness (QED) is 0.870. The summed E-state index contributed by atoms with van der Waals surface area (Å²) in [5, 5.41) is 3.61. The maximum absolute atomic E-state index is 12.4. The number of carbonyl (C=O) groups excluding carboxylic acids is 1. The molecule has 0 bridgehead atoms. The number of amides is 1. The van der Waals surface area contributed by atoms with Gasteiger partial charge in [-0.05, 0) is 37.2 Å². The maximum Gasteiger partial charge on any atom is 0.257 e. The number of rotatable bonds is 6. The van der Waals surface area contributed by atoms with E-state index in [-0.39, 0.29) is 5.91 Å². The number of nitrogens with zero attached hydrogens (tertiary/aromatic N) is 2. The van der Waals surface area contributed by atoms with Crippen LogP contribution in [0.1, 0.15) is 41.2 Å². The van der Waals surface area contributed by atoms with Crippen LogP contribution in [0.25, 0.3) is 0 Å². The summed E-state index contributed by atoms with van der Waals surface area (Å²) in [5.41, 5.74) is 1.74. The van der Waals surface area contributed by atoms with E-state index in [0.29, 0.717) is 17.3 Å². The maximum atomic E-state index is 12.4. The monoisotopic (exact) mass is 345 g/mol. The number of hydrogen-bond donors (Lipinski definition) is 1. The lowest BCUT2D eigenvalue weighted by Crippen LogP contribution is -2.29. The minimum absolute atomic E-state index is 0.129. The van der Waals surface area contributed by atoms with Crippen molar-refractivity contribution >= 4 is 22.4 Å². The number of hydrogen-bond acceptors (Lipinski definition) is 5. The standard InChI is InChI=1S/C18H23N3O2S/c1-3-11-23-14-7-5-13(6-8-14)17(22)20-18-19-15-9-10-21(4-2)12-16(15)24-18/h5-8H,3-4,9-12H2,1-2H3,(H,19,20,22). The van der Waals surface area contributed by atoms with Crippen molar-refractivity contribution in [1.29, 1.82) is 0 Å². The van der Waals surface area contributed by atoms with Crippen molar-refractivity contribution < 1.29 is 9.53 Å². The summed E-state index contributed by atoms with van der Waals surface area (Å²) in [7, 11) is 0. The third kappa shape index (κ3) is 3.94. The molecule has 1 aliphatic heterocycles. The Morgan fingerprint density at radius 3 is 2.83 bits per heavy atom. The van der Waals surface area contributed by atoms with Gasteiger partial charge >= 0.3 is 0 Å². The number of carbonyl (C=O) groups is 1. The third-order valence-corrected chi connectivity index (χ3v) is 5.07. The lowest BCUT2D eigenvalue weighted by molar-refractivity contribution is 0.102. The van der Waals surface area contributed by atoms with Gasteiger partial charge in [-0.2, -0.15) is 0 Å². The molecule has 0 atom stereocenters. The van der Waals surface area contributed by atoms with Gasteiger partial charge < -0.3 is 4.74 Å². The first-order valence-corrected chi connectivity index (χ1v) is 9.26. The van der Waals surface area contributed by atoms with Gasteiger partial charge in [0.05, 0.1) is 12.3 Å². The highest BCUT2D eigenvalue weighted by molar-refractivity contribution is 7.15. The van der Waals surface area contributed by atoms with Gasteiger partial charge in [0.15, 0.2) is 5.13 Å². The van der Waals surface area contributed by atoms with E-state index in [0.717, 1.165) is 43.9 Å². The van der Waals surface area contributed by atoms with Crippen LogP contribution in [0, 0.1) is 0 Å². The molecule has 6 heteroatoms. The van der Waals surface area contributed by atoms with Crippen LogP contribution in [-0.2, 0) is 13.0 Å². The molecule has 1 aromatic heterocycles. The molecule has 24 heavy (non-hydrogen) atoms. The van der Waals surface area contributed by atoms with Crippen LogP contribution in [-0.4, -0.2) is 35.5 Å². The minimum atomic E-state index is -0.129. The molecule has 128 valence electrons. The molecule has 1 aromatic carbocycles. The smallest absolute Gasteiger partial charge is 0.257 e. The normalized spacial score (nSPS) is 14.2. The van der Waals surface area contributed by atoms with Crippen molar-refractivity contribution in [3.63, 3.8) is 0 Å². The summed E-state index contributed by atoms with van der Waals surface area (Å²) in [4.78, 5) is 20.6. The second-order valence-corrected chi connectivity index (χ2v) is 6.92. The van der Waals surface area contributed by atoms with Crippen molar-refractivity contribution in [3.05, 3.63) is 40.4 Å². The number of likely N-dealkylation sites (N-methyl/N-ethyl adjacent to an activating group) is 1. The highest BCUT2D eigenvalue weighted by Crippen LogP contribution is 2.28. The highest BCUT2D eigenvalue weighted by Gasteiger charge is 2.20. The fourth-order valence-electron chi connectivity index (χ4n) is 2.66. The van der Waals surface area contributed by atoms with Crippen molar-refractivity contribution in [2.75, 3.05) is 25.0 Å². The first-order chi connectivity index (χ1) is 11.7. The summed E-state index contributed by atoms with van der Waals surface area (Å²) in [6.07, 6.45) is 1.92. The van der Waals surface area contributed by atoms with Crippen molar-refractivity contribution in [3.8, 4) is 5.75 Å². The van der Waals surface area contributed by atoms with Crippen molar-refractivity contribution in [2.24, 2.45) is 0 Å². The molecule has 0 saturated carbocycles. The molecule has 2 heterocycles. The Labute approximate surface area is 146 Å². The number of nitrogens with one attached hydrogen (secondary N) is 1. The number of fused-ring (bicyclic) bond motifs is 1. The van der Waals surface area contributed by atoms with E-state index >= 15 is 0 Å². The average molecular weight is 345 g/mol. The number of anilines is 1. The second-order valence-electron chi connectivity index (χ2n) is 5.83. The van der Waals surface area contributed by atoms with Crippen LogP contribution in [0.2, 0.25) is 0 Å². The molecule has 0 spiro atoms. The van der Waals surface area contributed by atoms with Crippen LogP contribution in [0.15, 0.2) is 24.3 Å². The molecule has 0 radical (unpaired) electrons. The van der Waals surface area contributed by atoms with Crippen molar-refractivity contribution in [2.45, 2.75) is 33.2 Å². The lowest BCUT2D eigenvalue weighted by Gasteiger charge is -2.23. The molecular weight excluding hydrogens is 322 g/mol. The summed E-state index contributed by atoms with van der Waals surface area (Å²) in [6.45, 7) is 7.94. The third-order valence-electron chi connectivity index (χ3n) is 4.07. The Hall–Kier alpha value is -1.92. The molecule has 1 aliphatic rings. The van der Waals surface area contributed by atoms with E-state index in [1.165, 1.54) is 4.88 Å². The Morgan fingerprint density at radius 1 is 1.33 bits per heavy atom. The summed E-state index contributed by atoms with van der Waals surface area (Å²) in [5.74, 6) is 0.660. The topological polar surface area (TPSA) is 54.5 Å². The first-order valence-electron chi connectivity index (χ1n) is 8.44. The van der Waals surface area contributed by atoms with E-state index < -0.39 is 0 Å². The first kappa shape index (κ1) is 16.9. The molecule has 1 N–H and O–H groups in total. The fraction of sp³-hybridized carbons (Fsp3) is 0.444. The molecule has 3 rings (SSSR count). The average Bonchev–Trinajstić information content (AvgIpc) is 3.01. The zero-order valence-corrected chi connectivity index (χ0v) is 15.0. The van der Waals surface area contributed by atoms with Gasteiger partial charge in [-0.25, -0.2) is 4.98 Å². The van der Waals surface area contributed by atoms with Gasteiger partial charge in [0.1, 0.15) is 5.75 Å². The van der Waals surface area contributed by atoms with E-state index in [2.05, 4.69) is 29.0 Å². The Kier molecular flexibility index (Phi) is 5.48. The molecule has 5 nitrogen and oxygen atoms in total. The van der Waals surface area contributed by atoms with Crippen molar-refractivity contribution in [1.82, 2.24) is 9.88 Å². The SMILES string of the molecule is CCCOc1ccc(C(=O)Nc2nc3c(s2)CN(CC)CC3)cc1. The zero-order valence-electron chi connectivity index (χ0n) is 14.2. The highest BCUT2D eigenvalue weighted by atomic mass is 32.1. The Balaban J connectivity index is 1.64. The predicted octanol–water partition coefficient (Wildman–Crippen LogP) is 3.56. The summed E-state index contributed by atoms with van der Waals surface area (Å²) >= 11 is 1.58. The molecule has 1 amide bonds. The molecule has 0 unspecified atom stereocenters. The Bertz CT molecular complexity index is 697. The van der Waals surface area contributed by atoms with E-state index in [9.17, 15) is 4.79 Å². The molecule has 0 saturated heterocycles. The fourth-order valence-corrected chi connectivity index (χ4v) is 3.71. The molecule has 0 fully saturated rings. The lowest BCUT2D eigenvalue weighted by atomic mass is 10.2. The van der Waals surface area contributed by atoms with Crippen LogP contribution in [0.4, 0.5) is 5.13 Å².